The normalized spacial score (nSPS) is 23.0. The van der Waals surface area contributed by atoms with Crippen LogP contribution in [0.1, 0.15) is 32.6 Å². The van der Waals surface area contributed by atoms with Crippen LogP contribution in [0.25, 0.3) is 0 Å². The Bertz CT molecular complexity index is 294. The van der Waals surface area contributed by atoms with Gasteiger partial charge in [0.15, 0.2) is 6.10 Å². The first-order valence-electron chi connectivity index (χ1n) is 6.38. The summed E-state index contributed by atoms with van der Waals surface area (Å²) in [4.78, 5) is 24.4. The quantitative estimate of drug-likeness (QED) is 0.684. The summed E-state index contributed by atoms with van der Waals surface area (Å²) < 4.78 is 5.22. The predicted octanol–water partition coefficient (Wildman–Crippen LogP) is 0.240. The maximum absolute atomic E-state index is 12.1. The number of unbranched alkanes of at least 4 members (excludes halogenated alkanes) is 1. The van der Waals surface area contributed by atoms with Gasteiger partial charge in [0.25, 0.3) is 5.91 Å². The Kier molecular flexibility index (Phi) is 6.07. The molecule has 1 fully saturated rings. The van der Waals surface area contributed by atoms with E-state index >= 15 is 0 Å². The Morgan fingerprint density at radius 2 is 1.94 bits per heavy atom. The third-order valence-corrected chi connectivity index (χ3v) is 3.03. The predicted molar refractivity (Wildman–Crippen MR) is 64.1 cm³/mol. The number of carboxylic acids is 1. The molecule has 0 aromatic heterocycles. The topological polar surface area (TPSA) is 87.1 Å². The maximum atomic E-state index is 12.1. The Morgan fingerprint density at radius 1 is 1.28 bits per heavy atom. The molecule has 0 spiro atoms. The van der Waals surface area contributed by atoms with E-state index in [0.717, 1.165) is 12.8 Å². The minimum Gasteiger partial charge on any atom is -0.479 e. The van der Waals surface area contributed by atoms with Gasteiger partial charge in [0.2, 0.25) is 0 Å². The largest absolute Gasteiger partial charge is 0.479 e. The van der Waals surface area contributed by atoms with Crippen molar-refractivity contribution in [1.29, 1.82) is 0 Å². The molecule has 18 heavy (non-hydrogen) atoms. The van der Waals surface area contributed by atoms with Crippen LogP contribution in [0.15, 0.2) is 0 Å². The van der Waals surface area contributed by atoms with Gasteiger partial charge in [0.1, 0.15) is 6.10 Å². The lowest BCUT2D eigenvalue weighted by Crippen LogP contribution is -2.41. The van der Waals surface area contributed by atoms with Crippen LogP contribution in [-0.2, 0) is 14.3 Å². The van der Waals surface area contributed by atoms with Crippen LogP contribution in [-0.4, -0.2) is 58.9 Å². The van der Waals surface area contributed by atoms with Crippen molar-refractivity contribution in [1.82, 2.24) is 4.90 Å². The lowest BCUT2D eigenvalue weighted by molar-refractivity contribution is -0.155. The molecule has 0 bridgehead atoms. The van der Waals surface area contributed by atoms with Crippen molar-refractivity contribution in [2.24, 2.45) is 0 Å². The number of aliphatic carboxylic acids is 1. The zero-order valence-corrected chi connectivity index (χ0v) is 10.7. The highest BCUT2D eigenvalue weighted by Gasteiger charge is 2.36. The first-order valence-corrected chi connectivity index (χ1v) is 6.38. The van der Waals surface area contributed by atoms with Crippen LogP contribution in [0.3, 0.4) is 0 Å². The number of hydrogen-bond donors (Lipinski definition) is 2. The summed E-state index contributed by atoms with van der Waals surface area (Å²) in [6.45, 7) is 2.78. The van der Waals surface area contributed by atoms with Crippen molar-refractivity contribution in [3.63, 3.8) is 0 Å². The minimum atomic E-state index is -1.02. The molecule has 1 rings (SSSR count). The molecule has 0 aromatic rings. The Morgan fingerprint density at radius 3 is 2.44 bits per heavy atom. The number of rotatable bonds is 7. The van der Waals surface area contributed by atoms with Crippen molar-refractivity contribution in [3.05, 3.63) is 0 Å². The highest BCUT2D eigenvalue weighted by atomic mass is 16.5. The van der Waals surface area contributed by atoms with Crippen molar-refractivity contribution in [2.45, 2.75) is 44.8 Å². The smallest absolute Gasteiger partial charge is 0.332 e. The first kappa shape index (κ1) is 14.9. The molecule has 1 saturated heterocycles. The average Bonchev–Trinajstić information content (AvgIpc) is 2.83. The molecular weight excluding hydrogens is 238 g/mol. The summed E-state index contributed by atoms with van der Waals surface area (Å²) in [5, 5.41) is 17.7. The molecule has 2 unspecified atom stereocenters. The van der Waals surface area contributed by atoms with Crippen LogP contribution in [0, 0.1) is 0 Å². The first-order chi connectivity index (χ1) is 8.60. The molecule has 2 atom stereocenters. The summed E-state index contributed by atoms with van der Waals surface area (Å²) >= 11 is 0. The van der Waals surface area contributed by atoms with E-state index in [9.17, 15) is 9.59 Å². The second-order valence-corrected chi connectivity index (χ2v) is 4.43. The van der Waals surface area contributed by atoms with Crippen LogP contribution in [0.4, 0.5) is 0 Å². The van der Waals surface area contributed by atoms with E-state index in [1.165, 1.54) is 0 Å². The van der Waals surface area contributed by atoms with Gasteiger partial charge in [-0.25, -0.2) is 4.79 Å². The zero-order chi connectivity index (χ0) is 13.5. The van der Waals surface area contributed by atoms with Crippen molar-refractivity contribution < 1.29 is 24.5 Å². The van der Waals surface area contributed by atoms with Gasteiger partial charge in [-0.15, -0.1) is 0 Å². The van der Waals surface area contributed by atoms with Crippen LogP contribution in [0.2, 0.25) is 0 Å². The SMILES string of the molecule is CCCCN(CCO)C(=O)C1CCC(C(=O)O)O1. The minimum absolute atomic E-state index is 0.0927. The van der Waals surface area contributed by atoms with Crippen LogP contribution in [0.5, 0.6) is 0 Å². The number of hydrogen-bond acceptors (Lipinski definition) is 4. The Hall–Kier alpha value is -1.14. The number of carboxylic acid groups (broad SMARTS) is 1. The highest BCUT2D eigenvalue weighted by molar-refractivity contribution is 5.82. The molecule has 0 saturated carbocycles. The van der Waals surface area contributed by atoms with E-state index in [1.807, 2.05) is 6.92 Å². The summed E-state index contributed by atoms with van der Waals surface area (Å²) in [5.41, 5.74) is 0. The number of nitrogens with zero attached hydrogens (tertiary/aromatic N) is 1. The fourth-order valence-electron chi connectivity index (χ4n) is 2.01. The molecule has 1 aliphatic rings. The lowest BCUT2D eigenvalue weighted by Gasteiger charge is -2.24. The second kappa shape index (κ2) is 7.33. The molecular formula is C12H21NO5. The lowest BCUT2D eigenvalue weighted by atomic mass is 10.1. The number of aliphatic hydroxyl groups excluding tert-OH is 1. The number of aliphatic hydroxyl groups is 1. The molecule has 1 aliphatic heterocycles. The summed E-state index contributed by atoms with van der Waals surface area (Å²) in [7, 11) is 0. The second-order valence-electron chi connectivity index (χ2n) is 4.43. The van der Waals surface area contributed by atoms with E-state index in [4.69, 9.17) is 14.9 Å². The summed E-state index contributed by atoms with van der Waals surface area (Å²) in [5.74, 6) is -1.23. The highest BCUT2D eigenvalue weighted by Crippen LogP contribution is 2.21. The monoisotopic (exact) mass is 259 g/mol. The molecule has 2 N–H and O–H groups in total. The number of ether oxygens (including phenoxy) is 1. The molecule has 104 valence electrons. The third kappa shape index (κ3) is 3.96. The van der Waals surface area contributed by atoms with E-state index in [1.54, 1.807) is 4.90 Å². The maximum Gasteiger partial charge on any atom is 0.332 e. The molecule has 6 heteroatoms. The van der Waals surface area contributed by atoms with Gasteiger partial charge in [-0.2, -0.15) is 0 Å². The zero-order valence-electron chi connectivity index (χ0n) is 10.7. The fourth-order valence-corrected chi connectivity index (χ4v) is 2.01. The number of amides is 1. The van der Waals surface area contributed by atoms with Crippen LogP contribution >= 0.6 is 0 Å². The van der Waals surface area contributed by atoms with Gasteiger partial charge < -0.3 is 19.8 Å². The third-order valence-electron chi connectivity index (χ3n) is 3.03. The standard InChI is InChI=1S/C12H21NO5/c1-2-3-6-13(7-8-14)11(15)9-4-5-10(18-9)12(16)17/h9-10,14H,2-8H2,1H3,(H,16,17). The molecule has 6 nitrogen and oxygen atoms in total. The number of carbonyl (C=O) groups excluding carboxylic acids is 1. The molecule has 1 amide bonds. The molecule has 0 aromatic carbocycles. The molecule has 0 aliphatic carbocycles. The van der Waals surface area contributed by atoms with Crippen molar-refractivity contribution in [2.75, 3.05) is 19.7 Å². The Labute approximate surface area is 107 Å². The van der Waals surface area contributed by atoms with Gasteiger partial charge in [-0.05, 0) is 19.3 Å². The summed E-state index contributed by atoms with van der Waals surface area (Å²) in [6, 6.07) is 0. The molecule has 0 radical (unpaired) electrons. The summed E-state index contributed by atoms with van der Waals surface area (Å²) in [6.07, 6.45) is 1.07. The van der Waals surface area contributed by atoms with E-state index in [-0.39, 0.29) is 19.1 Å². The van der Waals surface area contributed by atoms with Crippen molar-refractivity contribution in [3.8, 4) is 0 Å². The van der Waals surface area contributed by atoms with Gasteiger partial charge in [0.05, 0.1) is 6.61 Å². The fraction of sp³-hybridized carbons (Fsp3) is 0.833. The Balaban J connectivity index is 2.52. The molecule has 1 heterocycles. The number of carbonyl (C=O) groups is 2. The van der Waals surface area contributed by atoms with Crippen molar-refractivity contribution >= 4 is 11.9 Å². The van der Waals surface area contributed by atoms with Gasteiger partial charge in [-0.3, -0.25) is 4.79 Å². The van der Waals surface area contributed by atoms with Gasteiger partial charge in [-0.1, -0.05) is 13.3 Å². The van der Waals surface area contributed by atoms with Gasteiger partial charge in [0, 0.05) is 13.1 Å². The van der Waals surface area contributed by atoms with E-state index in [2.05, 4.69) is 0 Å². The van der Waals surface area contributed by atoms with E-state index in [0.29, 0.717) is 19.4 Å². The average molecular weight is 259 g/mol. The van der Waals surface area contributed by atoms with E-state index < -0.39 is 18.2 Å². The van der Waals surface area contributed by atoms with Gasteiger partial charge >= 0.3 is 5.97 Å². The van der Waals surface area contributed by atoms with Crippen LogP contribution < -0.4 is 0 Å².